The van der Waals surface area contributed by atoms with E-state index in [0.29, 0.717) is 17.2 Å². The van der Waals surface area contributed by atoms with E-state index >= 15 is 0 Å². The molecule has 0 bridgehead atoms. The summed E-state index contributed by atoms with van der Waals surface area (Å²) in [6.45, 7) is 6.93. The van der Waals surface area contributed by atoms with Crippen molar-refractivity contribution in [3.05, 3.63) is 88.9 Å². The third-order valence-corrected chi connectivity index (χ3v) is 8.35. The highest BCUT2D eigenvalue weighted by molar-refractivity contribution is 7.92. The fraction of sp³-hybridized carbons (Fsp3) is 0.333. The molecule has 1 N–H and O–H groups in total. The topological polar surface area (TPSA) is 96.0 Å². The minimum atomic E-state index is -4.16. The molecule has 3 aromatic rings. The molecule has 0 fully saturated rings. The van der Waals surface area contributed by atoms with Gasteiger partial charge in [0, 0.05) is 23.7 Å². The maximum atomic E-state index is 14.1. The summed E-state index contributed by atoms with van der Waals surface area (Å²) in [7, 11) is -2.68. The van der Waals surface area contributed by atoms with Gasteiger partial charge in [-0.1, -0.05) is 54.4 Å². The zero-order valence-electron chi connectivity index (χ0n) is 23.4. The van der Waals surface area contributed by atoms with Crippen LogP contribution in [0, 0.1) is 6.92 Å². The lowest BCUT2D eigenvalue weighted by Gasteiger charge is -2.33. The van der Waals surface area contributed by atoms with Crippen molar-refractivity contribution in [2.24, 2.45) is 0 Å². The number of methoxy groups -OCH3 is 1. The minimum absolute atomic E-state index is 0.0440. The van der Waals surface area contributed by atoms with Crippen molar-refractivity contribution in [1.82, 2.24) is 10.2 Å². The molecule has 0 saturated carbocycles. The Bertz CT molecular complexity index is 1410. The van der Waals surface area contributed by atoms with Crippen molar-refractivity contribution in [1.29, 1.82) is 0 Å². The molecular formula is C30H36ClN3O5S. The Morgan fingerprint density at radius 2 is 1.65 bits per heavy atom. The van der Waals surface area contributed by atoms with Crippen molar-refractivity contribution in [2.75, 3.05) is 18.0 Å². The summed E-state index contributed by atoms with van der Waals surface area (Å²) in [5, 5.41) is 3.42. The van der Waals surface area contributed by atoms with Gasteiger partial charge in [-0.15, -0.1) is 0 Å². The van der Waals surface area contributed by atoms with Gasteiger partial charge in [0.25, 0.3) is 10.0 Å². The number of rotatable bonds is 12. The summed E-state index contributed by atoms with van der Waals surface area (Å²) in [6, 6.07) is 19.0. The van der Waals surface area contributed by atoms with E-state index < -0.39 is 28.5 Å². The molecule has 0 aliphatic heterocycles. The molecule has 0 saturated heterocycles. The van der Waals surface area contributed by atoms with Crippen LogP contribution in [0.15, 0.2) is 77.7 Å². The van der Waals surface area contributed by atoms with E-state index in [9.17, 15) is 18.0 Å². The maximum Gasteiger partial charge on any atom is 0.264 e. The molecule has 0 radical (unpaired) electrons. The monoisotopic (exact) mass is 585 g/mol. The molecule has 0 aliphatic rings. The highest BCUT2D eigenvalue weighted by Gasteiger charge is 2.34. The minimum Gasteiger partial charge on any atom is -0.497 e. The molecule has 10 heteroatoms. The Balaban J connectivity index is 2.08. The third kappa shape index (κ3) is 7.76. The third-order valence-electron chi connectivity index (χ3n) is 6.31. The first-order valence-electron chi connectivity index (χ1n) is 13.0. The highest BCUT2D eigenvalue weighted by Crippen LogP contribution is 2.28. The van der Waals surface area contributed by atoms with Gasteiger partial charge in [0.15, 0.2) is 0 Å². The lowest BCUT2D eigenvalue weighted by atomic mass is 10.1. The number of hydrogen-bond donors (Lipinski definition) is 1. The van der Waals surface area contributed by atoms with Crippen LogP contribution in [-0.4, -0.2) is 50.9 Å². The molecule has 3 rings (SSSR count). The van der Waals surface area contributed by atoms with Gasteiger partial charge in [-0.05, 0) is 69.2 Å². The Morgan fingerprint density at radius 3 is 2.23 bits per heavy atom. The van der Waals surface area contributed by atoms with Gasteiger partial charge < -0.3 is 15.0 Å². The Morgan fingerprint density at radius 1 is 1.00 bits per heavy atom. The van der Waals surface area contributed by atoms with E-state index in [2.05, 4.69) is 5.32 Å². The van der Waals surface area contributed by atoms with E-state index in [1.54, 1.807) is 60.7 Å². The van der Waals surface area contributed by atoms with Gasteiger partial charge in [0.1, 0.15) is 18.3 Å². The van der Waals surface area contributed by atoms with Crippen LogP contribution in [0.4, 0.5) is 5.69 Å². The van der Waals surface area contributed by atoms with E-state index in [0.717, 1.165) is 15.4 Å². The molecule has 3 aromatic carbocycles. The summed E-state index contributed by atoms with van der Waals surface area (Å²) < 4.78 is 34.3. The quantitative estimate of drug-likeness (QED) is 0.316. The first kappa shape index (κ1) is 31.0. The summed E-state index contributed by atoms with van der Waals surface area (Å²) in [5.74, 6) is -0.400. The number of amides is 2. The SMILES string of the molecule is CCC(C(=O)NC(C)C)N(Cc1ccc(Cl)cc1)C(=O)CN(c1cccc(OC)c1)S(=O)(=O)c1ccc(C)cc1. The first-order chi connectivity index (χ1) is 19.0. The summed E-state index contributed by atoms with van der Waals surface area (Å²) in [6.07, 6.45) is 0.335. The van der Waals surface area contributed by atoms with Gasteiger partial charge in [-0.2, -0.15) is 0 Å². The number of nitrogens with one attached hydrogen (secondary N) is 1. The van der Waals surface area contributed by atoms with Crippen LogP contribution in [0.2, 0.25) is 5.02 Å². The van der Waals surface area contributed by atoms with Gasteiger partial charge >= 0.3 is 0 Å². The first-order valence-corrected chi connectivity index (χ1v) is 14.9. The molecule has 0 aromatic heterocycles. The van der Waals surface area contributed by atoms with Crippen LogP contribution in [0.25, 0.3) is 0 Å². The number of carbonyl (C=O) groups is 2. The highest BCUT2D eigenvalue weighted by atomic mass is 35.5. The number of hydrogen-bond acceptors (Lipinski definition) is 5. The number of carbonyl (C=O) groups excluding carboxylic acids is 2. The smallest absolute Gasteiger partial charge is 0.264 e. The van der Waals surface area contributed by atoms with Gasteiger partial charge in [-0.25, -0.2) is 8.42 Å². The van der Waals surface area contributed by atoms with Crippen LogP contribution in [0.5, 0.6) is 5.75 Å². The lowest BCUT2D eigenvalue weighted by Crippen LogP contribution is -2.53. The lowest BCUT2D eigenvalue weighted by molar-refractivity contribution is -0.140. The fourth-order valence-corrected chi connectivity index (χ4v) is 5.75. The zero-order chi connectivity index (χ0) is 29.4. The number of anilines is 1. The second-order valence-electron chi connectivity index (χ2n) is 9.76. The van der Waals surface area contributed by atoms with Gasteiger partial charge in [0.2, 0.25) is 11.8 Å². The van der Waals surface area contributed by atoms with E-state index in [4.69, 9.17) is 16.3 Å². The molecule has 1 atom stereocenters. The molecule has 0 aliphatic carbocycles. The van der Waals surface area contributed by atoms with Crippen molar-refractivity contribution in [3.63, 3.8) is 0 Å². The number of halogens is 1. The number of ether oxygens (including phenoxy) is 1. The Labute approximate surface area is 241 Å². The predicted molar refractivity (Wildman–Crippen MR) is 158 cm³/mol. The van der Waals surface area contributed by atoms with Crippen LogP contribution in [0.1, 0.15) is 38.3 Å². The zero-order valence-corrected chi connectivity index (χ0v) is 25.0. The fourth-order valence-electron chi connectivity index (χ4n) is 4.22. The van der Waals surface area contributed by atoms with E-state index in [-0.39, 0.29) is 29.1 Å². The number of benzene rings is 3. The van der Waals surface area contributed by atoms with Crippen molar-refractivity contribution in [2.45, 2.75) is 57.6 Å². The predicted octanol–water partition coefficient (Wildman–Crippen LogP) is 5.18. The summed E-state index contributed by atoms with van der Waals surface area (Å²) >= 11 is 6.06. The van der Waals surface area contributed by atoms with Crippen molar-refractivity contribution >= 4 is 39.1 Å². The Kier molecular flexibility index (Phi) is 10.6. The van der Waals surface area contributed by atoms with Crippen molar-refractivity contribution < 1.29 is 22.7 Å². The number of aryl methyl sites for hydroxylation is 1. The summed E-state index contributed by atoms with van der Waals surface area (Å²) in [4.78, 5) is 28.7. The van der Waals surface area contributed by atoms with Crippen molar-refractivity contribution in [3.8, 4) is 5.75 Å². The van der Waals surface area contributed by atoms with Crippen LogP contribution in [-0.2, 0) is 26.2 Å². The van der Waals surface area contributed by atoms with Gasteiger partial charge in [-0.3, -0.25) is 13.9 Å². The van der Waals surface area contributed by atoms with Crippen LogP contribution >= 0.6 is 11.6 Å². The number of sulfonamides is 1. The normalized spacial score (nSPS) is 12.1. The molecule has 40 heavy (non-hydrogen) atoms. The molecule has 8 nitrogen and oxygen atoms in total. The molecular weight excluding hydrogens is 550 g/mol. The average molecular weight is 586 g/mol. The second kappa shape index (κ2) is 13.7. The summed E-state index contributed by atoms with van der Waals surface area (Å²) in [5.41, 5.74) is 1.92. The van der Waals surface area contributed by atoms with Crippen LogP contribution in [0.3, 0.4) is 0 Å². The Hall–Kier alpha value is -3.56. The molecule has 1 unspecified atom stereocenters. The average Bonchev–Trinajstić information content (AvgIpc) is 2.92. The number of nitrogens with zero attached hydrogens (tertiary/aromatic N) is 2. The molecule has 0 heterocycles. The molecule has 214 valence electrons. The van der Waals surface area contributed by atoms with Crippen LogP contribution < -0.4 is 14.4 Å². The van der Waals surface area contributed by atoms with E-state index in [1.165, 1.54) is 24.1 Å². The maximum absolute atomic E-state index is 14.1. The van der Waals surface area contributed by atoms with E-state index in [1.807, 2.05) is 27.7 Å². The molecule has 2 amide bonds. The standard InChI is InChI=1S/C30H36ClN3O5S/c1-6-28(30(36)32-21(2)3)33(19-23-12-14-24(31)15-13-23)29(35)20-34(25-8-7-9-26(18-25)39-5)40(37,38)27-16-10-22(4)11-17-27/h7-18,21,28H,6,19-20H2,1-5H3,(H,32,36). The second-order valence-corrected chi connectivity index (χ2v) is 12.1. The molecule has 0 spiro atoms. The van der Waals surface area contributed by atoms with Gasteiger partial charge in [0.05, 0.1) is 17.7 Å². The largest absolute Gasteiger partial charge is 0.497 e.